The monoisotopic (exact) mass is 300 g/mol. The molecular weight excluding hydrogens is 280 g/mol. The third-order valence-corrected chi connectivity index (χ3v) is 2.40. The Morgan fingerprint density at radius 3 is 2.21 bits per heavy atom. The van der Waals surface area contributed by atoms with Crippen molar-refractivity contribution in [3.63, 3.8) is 0 Å². The summed E-state index contributed by atoms with van der Waals surface area (Å²) in [6, 6.07) is 17.3. The van der Waals surface area contributed by atoms with Crippen LogP contribution in [0, 0.1) is 0 Å². The fourth-order valence-corrected chi connectivity index (χ4v) is 1.42. The van der Waals surface area contributed by atoms with Crippen molar-refractivity contribution in [1.29, 1.82) is 0 Å². The number of hydrogen-bond donors (Lipinski definition) is 2. The van der Waals surface area contributed by atoms with Crippen LogP contribution in [0.25, 0.3) is 0 Å². The topological polar surface area (TPSA) is 55.1 Å². The van der Waals surface area contributed by atoms with Crippen LogP contribution < -0.4 is 11.1 Å². The molecule has 3 N–H and O–H groups in total. The van der Waals surface area contributed by atoms with Crippen molar-refractivity contribution in [3.8, 4) is 0 Å². The van der Waals surface area contributed by atoms with Crippen molar-refractivity contribution in [2.45, 2.75) is 12.8 Å². The van der Waals surface area contributed by atoms with Crippen LogP contribution in [0.4, 0.5) is 0 Å². The summed E-state index contributed by atoms with van der Waals surface area (Å²) in [5.74, 6) is 0.00187. The zero-order valence-electron chi connectivity index (χ0n) is 10.9. The summed E-state index contributed by atoms with van der Waals surface area (Å²) in [7, 11) is 0. The normalized spacial score (nSPS) is 8.89. The number of nitrogens with one attached hydrogen (secondary N) is 1. The molecule has 0 saturated heterocycles. The SMILES string of the molecule is NCCCCNC(=O)[c-]1cccc1.[Fe+2].c1cc[cH-]c1. The standard InChI is InChI=1S/C10H15N2O.C5H5.Fe/c11-7-3-4-8-12-10(13)9-5-1-2-6-9;1-2-4-5-3-1;/h1-2,5-6H,3-4,7-8,11H2,(H,12,13);1-5H;/q2*-1;+2. The van der Waals surface area contributed by atoms with Gasteiger partial charge in [0.1, 0.15) is 0 Å². The van der Waals surface area contributed by atoms with E-state index in [4.69, 9.17) is 5.73 Å². The smallest absolute Gasteiger partial charge is 0.362 e. The van der Waals surface area contributed by atoms with Gasteiger partial charge < -0.3 is 11.1 Å². The van der Waals surface area contributed by atoms with Gasteiger partial charge in [-0.2, -0.15) is 30.3 Å². The Hall–Kier alpha value is -1.35. The molecule has 104 valence electrons. The Morgan fingerprint density at radius 1 is 1.11 bits per heavy atom. The fourth-order valence-electron chi connectivity index (χ4n) is 1.42. The van der Waals surface area contributed by atoms with E-state index in [9.17, 15) is 4.79 Å². The molecule has 0 spiro atoms. The van der Waals surface area contributed by atoms with Crippen molar-refractivity contribution >= 4 is 5.91 Å². The van der Waals surface area contributed by atoms with Crippen LogP contribution in [0.2, 0.25) is 0 Å². The van der Waals surface area contributed by atoms with Crippen molar-refractivity contribution in [2.75, 3.05) is 13.1 Å². The van der Waals surface area contributed by atoms with Crippen LogP contribution in [-0.4, -0.2) is 19.0 Å². The average molecular weight is 300 g/mol. The van der Waals surface area contributed by atoms with Gasteiger partial charge in [0.15, 0.2) is 5.91 Å². The molecule has 0 aliphatic rings. The molecule has 0 bridgehead atoms. The molecule has 0 atom stereocenters. The molecule has 0 heterocycles. The number of hydrogen-bond acceptors (Lipinski definition) is 2. The number of amides is 1. The van der Waals surface area contributed by atoms with Gasteiger partial charge in [-0.25, -0.2) is 24.3 Å². The molecule has 19 heavy (non-hydrogen) atoms. The third-order valence-electron chi connectivity index (χ3n) is 2.40. The van der Waals surface area contributed by atoms with Gasteiger partial charge in [0.2, 0.25) is 0 Å². The second-order valence-electron chi connectivity index (χ2n) is 3.89. The second kappa shape index (κ2) is 11.7. The molecule has 2 rings (SSSR count). The number of carbonyl (C=O) groups is 1. The van der Waals surface area contributed by atoms with Gasteiger partial charge in [0, 0.05) is 6.54 Å². The first-order valence-electron chi connectivity index (χ1n) is 6.21. The maximum atomic E-state index is 11.3. The molecule has 0 aliphatic heterocycles. The van der Waals surface area contributed by atoms with E-state index >= 15 is 0 Å². The van der Waals surface area contributed by atoms with Crippen molar-refractivity contribution in [3.05, 3.63) is 60.2 Å². The molecule has 0 aromatic heterocycles. The number of rotatable bonds is 5. The zero-order chi connectivity index (χ0) is 13.1. The van der Waals surface area contributed by atoms with Crippen molar-refractivity contribution in [2.24, 2.45) is 5.73 Å². The van der Waals surface area contributed by atoms with E-state index < -0.39 is 0 Å². The first-order chi connectivity index (χ1) is 8.84. The zero-order valence-corrected chi connectivity index (χ0v) is 12.0. The minimum atomic E-state index is 0. The van der Waals surface area contributed by atoms with E-state index in [0.717, 1.165) is 18.4 Å². The van der Waals surface area contributed by atoms with Crippen LogP contribution in [0.1, 0.15) is 23.2 Å². The molecule has 0 fully saturated rings. The maximum absolute atomic E-state index is 11.3. The quantitative estimate of drug-likeness (QED) is 0.505. The molecule has 4 heteroatoms. The Labute approximate surface area is 125 Å². The molecule has 3 nitrogen and oxygen atoms in total. The van der Waals surface area contributed by atoms with Gasteiger partial charge in [0.05, 0.1) is 0 Å². The summed E-state index contributed by atoms with van der Waals surface area (Å²) in [6.07, 6.45) is 1.91. The fraction of sp³-hybridized carbons (Fsp3) is 0.267. The van der Waals surface area contributed by atoms with Crippen LogP contribution >= 0.6 is 0 Å². The van der Waals surface area contributed by atoms with E-state index in [1.165, 1.54) is 0 Å². The Morgan fingerprint density at radius 2 is 1.74 bits per heavy atom. The molecule has 0 aliphatic carbocycles. The Kier molecular flexibility index (Phi) is 10.9. The average Bonchev–Trinajstić information content (AvgIpc) is 3.09. The number of nitrogens with two attached hydrogens (primary N) is 1. The molecule has 0 radical (unpaired) electrons. The summed E-state index contributed by atoms with van der Waals surface area (Å²) in [6.45, 7) is 1.40. The minimum Gasteiger partial charge on any atom is -0.362 e. The van der Waals surface area contributed by atoms with Gasteiger partial charge in [-0.3, -0.25) is 4.79 Å². The van der Waals surface area contributed by atoms with E-state index in [0.29, 0.717) is 13.1 Å². The van der Waals surface area contributed by atoms with Crippen LogP contribution in [0.15, 0.2) is 54.6 Å². The predicted molar refractivity (Wildman–Crippen MR) is 74.7 cm³/mol. The largest absolute Gasteiger partial charge is 2.00 e. The third kappa shape index (κ3) is 8.38. The van der Waals surface area contributed by atoms with Gasteiger partial charge in [0.25, 0.3) is 0 Å². The minimum absolute atomic E-state index is 0. The number of carbonyl (C=O) groups excluding carboxylic acids is 1. The first kappa shape index (κ1) is 17.6. The summed E-state index contributed by atoms with van der Waals surface area (Å²) < 4.78 is 0. The summed E-state index contributed by atoms with van der Waals surface area (Å²) in [5, 5.41) is 2.83. The van der Waals surface area contributed by atoms with Crippen LogP contribution in [0.3, 0.4) is 0 Å². The van der Waals surface area contributed by atoms with Crippen LogP contribution in [0.5, 0.6) is 0 Å². The van der Waals surface area contributed by atoms with Gasteiger partial charge >= 0.3 is 17.1 Å². The van der Waals surface area contributed by atoms with Crippen LogP contribution in [-0.2, 0) is 17.1 Å². The summed E-state index contributed by atoms with van der Waals surface area (Å²) in [4.78, 5) is 11.3. The molecule has 0 unspecified atom stereocenters. The molecule has 2 aromatic rings. The predicted octanol–water partition coefficient (Wildman–Crippen LogP) is 2.28. The molecular formula is C15H20FeN2O. The molecule has 2 aromatic carbocycles. The van der Waals surface area contributed by atoms with Gasteiger partial charge in [-0.15, -0.1) is 0 Å². The molecule has 0 saturated carbocycles. The van der Waals surface area contributed by atoms with Gasteiger partial charge in [-0.05, 0) is 19.4 Å². The first-order valence-corrected chi connectivity index (χ1v) is 6.21. The Balaban J connectivity index is 0.000000454. The van der Waals surface area contributed by atoms with Crippen molar-refractivity contribution < 1.29 is 21.9 Å². The van der Waals surface area contributed by atoms with E-state index in [-0.39, 0.29) is 23.0 Å². The van der Waals surface area contributed by atoms with Crippen molar-refractivity contribution in [1.82, 2.24) is 5.32 Å². The second-order valence-corrected chi connectivity index (χ2v) is 3.89. The van der Waals surface area contributed by atoms with E-state index in [2.05, 4.69) is 5.32 Å². The van der Waals surface area contributed by atoms with Gasteiger partial charge in [-0.1, -0.05) is 5.56 Å². The maximum Gasteiger partial charge on any atom is 2.00 e. The van der Waals surface area contributed by atoms with E-state index in [1.54, 1.807) is 12.1 Å². The summed E-state index contributed by atoms with van der Waals surface area (Å²) in [5.41, 5.74) is 6.06. The summed E-state index contributed by atoms with van der Waals surface area (Å²) >= 11 is 0. The molecule has 1 amide bonds. The Bertz CT molecular complexity index is 378. The van der Waals surface area contributed by atoms with E-state index in [1.807, 2.05) is 42.5 Å². The number of unbranched alkanes of at least 4 members (excludes halogenated alkanes) is 1.